The minimum Gasteiger partial charge on any atom is -0.461 e. The SMILES string of the molecule is COCCNC(=O)CCc1ccc(-c2ccccc2)o1. The average molecular weight is 273 g/mol. The van der Waals surface area contributed by atoms with Gasteiger partial charge in [0.15, 0.2) is 0 Å². The van der Waals surface area contributed by atoms with Crippen LogP contribution in [0.3, 0.4) is 0 Å². The molecule has 0 aliphatic rings. The quantitative estimate of drug-likeness (QED) is 0.789. The van der Waals surface area contributed by atoms with Gasteiger partial charge in [-0.05, 0) is 12.1 Å². The van der Waals surface area contributed by atoms with E-state index in [0.29, 0.717) is 26.0 Å². The average Bonchev–Trinajstić information content (AvgIpc) is 2.95. The van der Waals surface area contributed by atoms with Crippen LogP contribution in [0.2, 0.25) is 0 Å². The second-order valence-electron chi connectivity index (χ2n) is 4.47. The number of carbonyl (C=O) groups is 1. The normalized spacial score (nSPS) is 10.4. The van der Waals surface area contributed by atoms with Gasteiger partial charge >= 0.3 is 0 Å². The summed E-state index contributed by atoms with van der Waals surface area (Å²) in [5.74, 6) is 1.67. The van der Waals surface area contributed by atoms with Crippen LogP contribution in [-0.4, -0.2) is 26.2 Å². The number of methoxy groups -OCH3 is 1. The van der Waals surface area contributed by atoms with Gasteiger partial charge in [0.05, 0.1) is 6.61 Å². The molecule has 106 valence electrons. The second kappa shape index (κ2) is 7.50. The predicted octanol–water partition coefficient (Wildman–Crippen LogP) is 2.64. The van der Waals surface area contributed by atoms with Crippen molar-refractivity contribution in [2.24, 2.45) is 0 Å². The summed E-state index contributed by atoms with van der Waals surface area (Å²) in [7, 11) is 1.61. The van der Waals surface area contributed by atoms with Crippen molar-refractivity contribution in [2.75, 3.05) is 20.3 Å². The van der Waals surface area contributed by atoms with Crippen molar-refractivity contribution in [3.05, 3.63) is 48.2 Å². The van der Waals surface area contributed by atoms with E-state index >= 15 is 0 Å². The van der Waals surface area contributed by atoms with Gasteiger partial charge in [-0.25, -0.2) is 0 Å². The molecule has 0 unspecified atom stereocenters. The highest BCUT2D eigenvalue weighted by Gasteiger charge is 2.07. The van der Waals surface area contributed by atoms with Gasteiger partial charge in [0.1, 0.15) is 11.5 Å². The minimum atomic E-state index is 0.0136. The summed E-state index contributed by atoms with van der Waals surface area (Å²) in [5.41, 5.74) is 1.04. The van der Waals surface area contributed by atoms with Crippen molar-refractivity contribution in [2.45, 2.75) is 12.8 Å². The van der Waals surface area contributed by atoms with Crippen molar-refractivity contribution in [3.63, 3.8) is 0 Å². The molecule has 2 rings (SSSR count). The van der Waals surface area contributed by atoms with Crippen LogP contribution in [-0.2, 0) is 16.0 Å². The number of nitrogens with one attached hydrogen (secondary N) is 1. The third kappa shape index (κ3) is 4.24. The van der Waals surface area contributed by atoms with E-state index in [-0.39, 0.29) is 5.91 Å². The molecule has 4 heteroatoms. The maximum Gasteiger partial charge on any atom is 0.220 e. The van der Waals surface area contributed by atoms with Crippen LogP contribution < -0.4 is 5.32 Å². The molecule has 0 aliphatic carbocycles. The van der Waals surface area contributed by atoms with E-state index in [2.05, 4.69) is 5.32 Å². The van der Waals surface area contributed by atoms with Crippen LogP contribution in [0.5, 0.6) is 0 Å². The molecule has 4 nitrogen and oxygen atoms in total. The standard InChI is InChI=1S/C16H19NO3/c1-19-12-11-17-16(18)10-8-14-7-9-15(20-14)13-5-3-2-4-6-13/h2-7,9H,8,10-12H2,1H3,(H,17,18). The van der Waals surface area contributed by atoms with Crippen LogP contribution >= 0.6 is 0 Å². The lowest BCUT2D eigenvalue weighted by Crippen LogP contribution is -2.26. The molecule has 0 saturated heterocycles. The third-order valence-corrected chi connectivity index (χ3v) is 2.95. The molecule has 0 aliphatic heterocycles. The number of carbonyl (C=O) groups excluding carboxylic acids is 1. The summed E-state index contributed by atoms with van der Waals surface area (Å²) in [6.45, 7) is 1.08. The van der Waals surface area contributed by atoms with Crippen molar-refractivity contribution in [1.29, 1.82) is 0 Å². The molecule has 0 fully saturated rings. The van der Waals surface area contributed by atoms with Crippen molar-refractivity contribution in [3.8, 4) is 11.3 Å². The minimum absolute atomic E-state index is 0.0136. The lowest BCUT2D eigenvalue weighted by molar-refractivity contribution is -0.121. The van der Waals surface area contributed by atoms with Crippen molar-refractivity contribution >= 4 is 5.91 Å². The Bertz CT molecular complexity index is 534. The summed E-state index contributed by atoms with van der Waals surface area (Å²) in [5, 5.41) is 2.79. The summed E-state index contributed by atoms with van der Waals surface area (Å²) in [4.78, 5) is 11.6. The molecule has 1 N–H and O–H groups in total. The number of amides is 1. The lowest BCUT2D eigenvalue weighted by Gasteiger charge is -2.03. The van der Waals surface area contributed by atoms with E-state index in [0.717, 1.165) is 17.1 Å². The van der Waals surface area contributed by atoms with Gasteiger partial charge in [0.25, 0.3) is 0 Å². The van der Waals surface area contributed by atoms with Gasteiger partial charge in [-0.2, -0.15) is 0 Å². The Morgan fingerprint density at radius 3 is 2.75 bits per heavy atom. The molecule has 0 bridgehead atoms. The molecular formula is C16H19NO3. The number of hydrogen-bond donors (Lipinski definition) is 1. The number of furan rings is 1. The number of ether oxygens (including phenoxy) is 1. The van der Waals surface area contributed by atoms with E-state index in [1.807, 2.05) is 42.5 Å². The Hall–Kier alpha value is -2.07. The summed E-state index contributed by atoms with van der Waals surface area (Å²) in [6.07, 6.45) is 1.02. The fourth-order valence-electron chi connectivity index (χ4n) is 1.89. The molecule has 0 atom stereocenters. The molecule has 1 heterocycles. The molecule has 1 aromatic carbocycles. The van der Waals surface area contributed by atoms with E-state index in [1.165, 1.54) is 0 Å². The van der Waals surface area contributed by atoms with Gasteiger partial charge in [-0.15, -0.1) is 0 Å². The molecule has 1 aromatic heterocycles. The first-order valence-corrected chi connectivity index (χ1v) is 6.69. The number of hydrogen-bond acceptors (Lipinski definition) is 3. The number of aryl methyl sites for hydroxylation is 1. The Morgan fingerprint density at radius 1 is 1.20 bits per heavy atom. The fraction of sp³-hybridized carbons (Fsp3) is 0.312. The van der Waals surface area contributed by atoms with Crippen LogP contribution in [0, 0.1) is 0 Å². The molecule has 0 spiro atoms. The summed E-state index contributed by atoms with van der Waals surface area (Å²) in [6, 6.07) is 13.8. The van der Waals surface area contributed by atoms with Crippen LogP contribution in [0.25, 0.3) is 11.3 Å². The number of rotatable bonds is 7. The Labute approximate surface area is 118 Å². The predicted molar refractivity (Wildman–Crippen MR) is 77.4 cm³/mol. The smallest absolute Gasteiger partial charge is 0.220 e. The highest BCUT2D eigenvalue weighted by Crippen LogP contribution is 2.22. The molecule has 0 saturated carbocycles. The highest BCUT2D eigenvalue weighted by atomic mass is 16.5. The molecular weight excluding hydrogens is 254 g/mol. The largest absolute Gasteiger partial charge is 0.461 e. The zero-order valence-corrected chi connectivity index (χ0v) is 11.6. The van der Waals surface area contributed by atoms with Gasteiger partial charge in [-0.3, -0.25) is 4.79 Å². The van der Waals surface area contributed by atoms with Gasteiger partial charge in [0, 0.05) is 32.1 Å². The molecule has 2 aromatic rings. The van der Waals surface area contributed by atoms with Crippen LogP contribution in [0.15, 0.2) is 46.9 Å². The van der Waals surface area contributed by atoms with Crippen molar-refractivity contribution < 1.29 is 13.9 Å². The maximum atomic E-state index is 11.6. The van der Waals surface area contributed by atoms with Crippen LogP contribution in [0.1, 0.15) is 12.2 Å². The Balaban J connectivity index is 1.83. The van der Waals surface area contributed by atoms with Gasteiger partial charge in [0.2, 0.25) is 5.91 Å². The maximum absolute atomic E-state index is 11.6. The van der Waals surface area contributed by atoms with Gasteiger partial charge in [-0.1, -0.05) is 30.3 Å². The zero-order chi connectivity index (χ0) is 14.2. The Morgan fingerprint density at radius 2 is 2.00 bits per heavy atom. The van der Waals surface area contributed by atoms with Crippen LogP contribution in [0.4, 0.5) is 0 Å². The third-order valence-electron chi connectivity index (χ3n) is 2.95. The van der Waals surface area contributed by atoms with E-state index in [9.17, 15) is 4.79 Å². The van der Waals surface area contributed by atoms with E-state index in [4.69, 9.17) is 9.15 Å². The first-order valence-electron chi connectivity index (χ1n) is 6.69. The molecule has 20 heavy (non-hydrogen) atoms. The van der Waals surface area contributed by atoms with Crippen molar-refractivity contribution in [1.82, 2.24) is 5.32 Å². The monoisotopic (exact) mass is 273 g/mol. The lowest BCUT2D eigenvalue weighted by atomic mass is 10.2. The summed E-state index contributed by atoms with van der Waals surface area (Å²) < 4.78 is 10.6. The first-order chi connectivity index (χ1) is 9.79. The Kier molecular flexibility index (Phi) is 5.38. The number of benzene rings is 1. The zero-order valence-electron chi connectivity index (χ0n) is 11.6. The molecule has 1 amide bonds. The second-order valence-corrected chi connectivity index (χ2v) is 4.47. The molecule has 0 radical (unpaired) electrons. The topological polar surface area (TPSA) is 51.5 Å². The fourth-order valence-corrected chi connectivity index (χ4v) is 1.89. The van der Waals surface area contributed by atoms with E-state index < -0.39 is 0 Å². The van der Waals surface area contributed by atoms with Gasteiger partial charge < -0.3 is 14.5 Å². The highest BCUT2D eigenvalue weighted by molar-refractivity contribution is 5.76. The van der Waals surface area contributed by atoms with E-state index in [1.54, 1.807) is 7.11 Å². The first kappa shape index (κ1) is 14.3. The summed E-state index contributed by atoms with van der Waals surface area (Å²) >= 11 is 0.